The monoisotopic (exact) mass is 204 g/mol. The highest BCUT2D eigenvalue weighted by atomic mass is 16.5. The Morgan fingerprint density at radius 2 is 2.00 bits per heavy atom. The highest BCUT2D eigenvalue weighted by Gasteiger charge is 2.40. The fraction of sp³-hybridized carbons (Fsp3) is 0.417. The van der Waals surface area contributed by atoms with Crippen molar-refractivity contribution in [2.24, 2.45) is 16.6 Å². The lowest BCUT2D eigenvalue weighted by atomic mass is 9.81. The quantitative estimate of drug-likeness (QED) is 0.799. The number of aliphatic imine (C=N–C) groups is 1. The summed E-state index contributed by atoms with van der Waals surface area (Å²) in [5.41, 5.74) is 6.48. The van der Waals surface area contributed by atoms with Crippen LogP contribution in [0.5, 0.6) is 0 Å². The lowest BCUT2D eigenvalue weighted by Crippen LogP contribution is -2.31. The molecule has 1 unspecified atom stereocenters. The number of nitrogens with zero attached hydrogens (tertiary/aromatic N) is 1. The molecule has 1 atom stereocenters. The zero-order chi connectivity index (χ0) is 10.9. The van der Waals surface area contributed by atoms with Crippen molar-refractivity contribution in [2.45, 2.75) is 19.4 Å². The highest BCUT2D eigenvalue weighted by Crippen LogP contribution is 2.37. The minimum atomic E-state index is -0.300. The summed E-state index contributed by atoms with van der Waals surface area (Å²) in [6.07, 6.45) is 0. The van der Waals surface area contributed by atoms with Crippen molar-refractivity contribution in [1.82, 2.24) is 0 Å². The van der Waals surface area contributed by atoms with E-state index in [1.807, 2.05) is 18.2 Å². The molecule has 0 spiro atoms. The van der Waals surface area contributed by atoms with E-state index in [0.717, 1.165) is 0 Å². The average Bonchev–Trinajstić information content (AvgIpc) is 2.63. The van der Waals surface area contributed by atoms with Crippen molar-refractivity contribution >= 4 is 6.02 Å². The van der Waals surface area contributed by atoms with Crippen LogP contribution >= 0.6 is 0 Å². The van der Waals surface area contributed by atoms with E-state index in [2.05, 4.69) is 31.0 Å². The third-order valence-corrected chi connectivity index (χ3v) is 2.98. The molecule has 1 heterocycles. The van der Waals surface area contributed by atoms with E-state index in [4.69, 9.17) is 10.5 Å². The van der Waals surface area contributed by atoms with Gasteiger partial charge >= 0.3 is 0 Å². The summed E-state index contributed by atoms with van der Waals surface area (Å²) in [5, 5.41) is 0. The Hall–Kier alpha value is -1.51. The van der Waals surface area contributed by atoms with Crippen LogP contribution in [-0.4, -0.2) is 12.6 Å². The molecule has 0 fully saturated rings. The summed E-state index contributed by atoms with van der Waals surface area (Å²) in [6, 6.07) is 10.5. The number of hydrogen-bond acceptors (Lipinski definition) is 3. The van der Waals surface area contributed by atoms with Crippen LogP contribution in [0.1, 0.15) is 19.4 Å². The minimum Gasteiger partial charge on any atom is -0.462 e. The van der Waals surface area contributed by atoms with E-state index in [1.54, 1.807) is 0 Å². The molecule has 1 aliphatic rings. The first-order valence-electron chi connectivity index (χ1n) is 5.19. The number of hydrogen-bond donors (Lipinski definition) is 1. The van der Waals surface area contributed by atoms with Crippen LogP contribution in [0.25, 0.3) is 0 Å². The number of rotatable bonds is 2. The number of nitrogens with two attached hydrogens (primary N) is 1. The normalized spacial score (nSPS) is 25.1. The molecule has 15 heavy (non-hydrogen) atoms. The van der Waals surface area contributed by atoms with Gasteiger partial charge in [-0.25, -0.2) is 4.99 Å². The Kier molecular flexibility index (Phi) is 2.39. The Balaban J connectivity index is 2.46. The average molecular weight is 204 g/mol. The van der Waals surface area contributed by atoms with Gasteiger partial charge in [0, 0.05) is 0 Å². The molecular weight excluding hydrogens is 188 g/mol. The second kappa shape index (κ2) is 3.57. The molecule has 0 saturated heterocycles. The minimum absolute atomic E-state index is 0.299. The first kappa shape index (κ1) is 10.0. The standard InChI is InChI=1S/C12H16N2O/c1-9(2)12(8-15-11(13)14-12)10-6-4-3-5-7-10/h3-7,9H,8H2,1-2H3,(H2,13,14). The van der Waals surface area contributed by atoms with Gasteiger partial charge < -0.3 is 10.5 Å². The van der Waals surface area contributed by atoms with Gasteiger partial charge in [-0.15, -0.1) is 0 Å². The summed E-state index contributed by atoms with van der Waals surface area (Å²) in [5.74, 6) is 0.362. The summed E-state index contributed by atoms with van der Waals surface area (Å²) in [4.78, 5) is 4.46. The van der Waals surface area contributed by atoms with Gasteiger partial charge in [-0.1, -0.05) is 44.2 Å². The first-order valence-corrected chi connectivity index (χ1v) is 5.19. The smallest absolute Gasteiger partial charge is 0.283 e. The maximum atomic E-state index is 5.61. The molecule has 0 saturated carbocycles. The lowest BCUT2D eigenvalue weighted by molar-refractivity contribution is 0.208. The summed E-state index contributed by atoms with van der Waals surface area (Å²) >= 11 is 0. The third kappa shape index (κ3) is 1.58. The molecule has 3 heteroatoms. The van der Waals surface area contributed by atoms with E-state index in [1.165, 1.54) is 5.56 Å². The van der Waals surface area contributed by atoms with Crippen LogP contribution in [0.4, 0.5) is 0 Å². The van der Waals surface area contributed by atoms with E-state index in [-0.39, 0.29) is 5.54 Å². The molecule has 80 valence electrons. The van der Waals surface area contributed by atoms with Gasteiger partial charge in [0.25, 0.3) is 6.02 Å². The van der Waals surface area contributed by atoms with E-state index < -0.39 is 0 Å². The Labute approximate surface area is 90.0 Å². The van der Waals surface area contributed by atoms with E-state index in [0.29, 0.717) is 18.5 Å². The molecule has 0 amide bonds. The van der Waals surface area contributed by atoms with Crippen molar-refractivity contribution in [3.05, 3.63) is 35.9 Å². The van der Waals surface area contributed by atoms with Crippen LogP contribution in [0.3, 0.4) is 0 Å². The van der Waals surface area contributed by atoms with Crippen molar-refractivity contribution in [3.63, 3.8) is 0 Å². The predicted molar refractivity (Wildman–Crippen MR) is 60.5 cm³/mol. The van der Waals surface area contributed by atoms with Crippen LogP contribution in [-0.2, 0) is 10.3 Å². The molecule has 0 bridgehead atoms. The summed E-state index contributed by atoms with van der Waals surface area (Å²) < 4.78 is 5.31. The molecular formula is C12H16N2O. The largest absolute Gasteiger partial charge is 0.462 e. The molecule has 1 aliphatic heterocycles. The van der Waals surface area contributed by atoms with Crippen LogP contribution < -0.4 is 5.73 Å². The van der Waals surface area contributed by atoms with Crippen LogP contribution in [0.15, 0.2) is 35.3 Å². The van der Waals surface area contributed by atoms with E-state index >= 15 is 0 Å². The maximum absolute atomic E-state index is 5.61. The molecule has 0 aliphatic carbocycles. The van der Waals surface area contributed by atoms with Crippen LogP contribution in [0.2, 0.25) is 0 Å². The molecule has 1 aromatic rings. The Morgan fingerprint density at radius 1 is 1.33 bits per heavy atom. The van der Waals surface area contributed by atoms with Gasteiger partial charge in [0.2, 0.25) is 0 Å². The topological polar surface area (TPSA) is 47.6 Å². The van der Waals surface area contributed by atoms with Crippen LogP contribution in [0, 0.1) is 5.92 Å². The Morgan fingerprint density at radius 3 is 2.47 bits per heavy atom. The molecule has 1 aromatic carbocycles. The first-order chi connectivity index (χ1) is 7.15. The molecule has 0 aromatic heterocycles. The fourth-order valence-corrected chi connectivity index (χ4v) is 1.95. The van der Waals surface area contributed by atoms with Crippen molar-refractivity contribution in [1.29, 1.82) is 0 Å². The second-order valence-electron chi connectivity index (χ2n) is 4.18. The SMILES string of the molecule is CC(C)C1(c2ccccc2)COC(N)=N1. The second-order valence-corrected chi connectivity index (χ2v) is 4.18. The molecule has 2 rings (SSSR count). The van der Waals surface area contributed by atoms with Crippen molar-refractivity contribution in [2.75, 3.05) is 6.61 Å². The van der Waals surface area contributed by atoms with Gasteiger partial charge in [0.05, 0.1) is 0 Å². The van der Waals surface area contributed by atoms with Gasteiger partial charge in [-0.3, -0.25) is 0 Å². The zero-order valence-electron chi connectivity index (χ0n) is 9.10. The Bertz CT molecular complexity index is 372. The fourth-order valence-electron chi connectivity index (χ4n) is 1.95. The number of ether oxygens (including phenoxy) is 1. The van der Waals surface area contributed by atoms with Gasteiger partial charge in [-0.05, 0) is 11.5 Å². The lowest BCUT2D eigenvalue weighted by Gasteiger charge is -2.28. The molecule has 2 N–H and O–H groups in total. The van der Waals surface area contributed by atoms with Crippen molar-refractivity contribution in [3.8, 4) is 0 Å². The highest BCUT2D eigenvalue weighted by molar-refractivity contribution is 5.74. The molecule has 3 nitrogen and oxygen atoms in total. The number of amidine groups is 1. The van der Waals surface area contributed by atoms with Gasteiger partial charge in [0.15, 0.2) is 0 Å². The van der Waals surface area contributed by atoms with E-state index in [9.17, 15) is 0 Å². The molecule has 0 radical (unpaired) electrons. The zero-order valence-corrected chi connectivity index (χ0v) is 9.10. The number of benzene rings is 1. The van der Waals surface area contributed by atoms with Gasteiger partial charge in [-0.2, -0.15) is 0 Å². The summed E-state index contributed by atoms with van der Waals surface area (Å²) in [6.45, 7) is 4.82. The van der Waals surface area contributed by atoms with Crippen molar-refractivity contribution < 1.29 is 4.74 Å². The van der Waals surface area contributed by atoms with Gasteiger partial charge in [0.1, 0.15) is 12.1 Å². The predicted octanol–water partition coefficient (Wildman–Crippen LogP) is 1.88. The maximum Gasteiger partial charge on any atom is 0.283 e. The third-order valence-electron chi connectivity index (χ3n) is 2.98. The summed E-state index contributed by atoms with van der Waals surface area (Å²) in [7, 11) is 0.